The normalized spacial score (nSPS) is 17.7. The molecule has 2 aliphatic heterocycles. The standard InChI is InChI=1S/C26H28F2N2O4S3/c27-21-6-5-18(15-22(21)28)19-14-20(36-17-19)16-23-25(32)30(26(35)37-23)7-3-1-2-4-24(31)34-13-10-29-8-11-33-12-9-29/h5-6,14-17H,1-4,7-13H2/b23-16-. The second-order valence-electron chi connectivity index (χ2n) is 8.69. The number of ether oxygens (including phenoxy) is 2. The summed E-state index contributed by atoms with van der Waals surface area (Å²) >= 11 is 8.08. The monoisotopic (exact) mass is 566 g/mol. The molecule has 1 aromatic heterocycles. The Kier molecular flexibility index (Phi) is 10.2. The average molecular weight is 567 g/mol. The molecule has 2 aromatic rings. The van der Waals surface area contributed by atoms with Crippen LogP contribution in [0.15, 0.2) is 34.6 Å². The molecule has 4 rings (SSSR count). The number of esters is 1. The number of rotatable bonds is 11. The predicted molar refractivity (Wildman–Crippen MR) is 146 cm³/mol. The van der Waals surface area contributed by atoms with Gasteiger partial charge in [-0.05, 0) is 53.6 Å². The van der Waals surface area contributed by atoms with Crippen molar-refractivity contribution in [2.75, 3.05) is 46.0 Å². The summed E-state index contributed by atoms with van der Waals surface area (Å²) in [5.41, 5.74) is 1.33. The number of benzene rings is 1. The lowest BCUT2D eigenvalue weighted by Gasteiger charge is -2.26. The second-order valence-corrected chi connectivity index (χ2v) is 11.3. The maximum absolute atomic E-state index is 13.6. The van der Waals surface area contributed by atoms with E-state index < -0.39 is 11.6 Å². The lowest BCUT2D eigenvalue weighted by atomic mass is 10.1. The molecular weight excluding hydrogens is 538 g/mol. The maximum Gasteiger partial charge on any atom is 0.305 e. The molecule has 2 saturated heterocycles. The summed E-state index contributed by atoms with van der Waals surface area (Å²) in [4.78, 5) is 30.0. The number of amides is 1. The van der Waals surface area contributed by atoms with Crippen molar-refractivity contribution in [3.63, 3.8) is 0 Å². The predicted octanol–water partition coefficient (Wildman–Crippen LogP) is 5.33. The van der Waals surface area contributed by atoms with Crippen molar-refractivity contribution in [3.8, 4) is 11.1 Å². The lowest BCUT2D eigenvalue weighted by Crippen LogP contribution is -2.38. The topological polar surface area (TPSA) is 59.1 Å². The van der Waals surface area contributed by atoms with E-state index in [9.17, 15) is 18.4 Å². The van der Waals surface area contributed by atoms with Gasteiger partial charge >= 0.3 is 5.97 Å². The highest BCUT2D eigenvalue weighted by Crippen LogP contribution is 2.35. The van der Waals surface area contributed by atoms with Gasteiger partial charge in [0.05, 0.1) is 18.1 Å². The first-order chi connectivity index (χ1) is 17.9. The fraction of sp³-hybridized carbons (Fsp3) is 0.423. The molecule has 37 heavy (non-hydrogen) atoms. The van der Waals surface area contributed by atoms with E-state index in [-0.39, 0.29) is 11.9 Å². The van der Waals surface area contributed by atoms with Crippen LogP contribution in [0.4, 0.5) is 8.78 Å². The number of thiocarbonyl (C=S) groups is 1. The van der Waals surface area contributed by atoms with Crippen LogP contribution in [-0.4, -0.2) is 72.0 Å². The molecule has 0 unspecified atom stereocenters. The number of morpholine rings is 1. The number of nitrogens with zero attached hydrogens (tertiary/aromatic N) is 2. The summed E-state index contributed by atoms with van der Waals surface area (Å²) in [6.45, 7) is 4.81. The summed E-state index contributed by atoms with van der Waals surface area (Å²) in [5.74, 6) is -2.12. The van der Waals surface area contributed by atoms with Crippen molar-refractivity contribution in [3.05, 3.63) is 51.1 Å². The molecule has 3 heterocycles. The van der Waals surface area contributed by atoms with Gasteiger partial charge in [-0.3, -0.25) is 19.4 Å². The van der Waals surface area contributed by atoms with Crippen molar-refractivity contribution in [1.29, 1.82) is 0 Å². The Labute approximate surface area is 228 Å². The van der Waals surface area contributed by atoms with E-state index in [1.807, 2.05) is 11.4 Å². The molecule has 1 amide bonds. The number of carbonyl (C=O) groups is 2. The largest absolute Gasteiger partial charge is 0.464 e. The maximum atomic E-state index is 13.6. The van der Waals surface area contributed by atoms with Crippen molar-refractivity contribution >= 4 is 57.6 Å². The highest BCUT2D eigenvalue weighted by molar-refractivity contribution is 8.26. The van der Waals surface area contributed by atoms with Gasteiger partial charge in [0.2, 0.25) is 0 Å². The van der Waals surface area contributed by atoms with Gasteiger partial charge in [0.25, 0.3) is 5.91 Å². The summed E-state index contributed by atoms with van der Waals surface area (Å²) < 4.78 is 37.9. The van der Waals surface area contributed by atoms with Crippen molar-refractivity contribution < 1.29 is 27.8 Å². The Morgan fingerprint density at radius 3 is 2.68 bits per heavy atom. The van der Waals surface area contributed by atoms with Crippen LogP contribution in [0.25, 0.3) is 17.2 Å². The summed E-state index contributed by atoms with van der Waals surface area (Å²) in [6, 6.07) is 5.62. The Morgan fingerprint density at radius 2 is 1.89 bits per heavy atom. The lowest BCUT2D eigenvalue weighted by molar-refractivity contribution is -0.144. The first-order valence-corrected chi connectivity index (χ1v) is 14.3. The molecule has 0 bridgehead atoms. The van der Waals surface area contributed by atoms with E-state index in [4.69, 9.17) is 21.7 Å². The number of halogens is 2. The van der Waals surface area contributed by atoms with Gasteiger partial charge in [0.15, 0.2) is 11.6 Å². The fourth-order valence-electron chi connectivity index (χ4n) is 3.98. The molecule has 0 atom stereocenters. The van der Waals surface area contributed by atoms with Crippen LogP contribution in [0.2, 0.25) is 0 Å². The molecule has 0 spiro atoms. The zero-order chi connectivity index (χ0) is 26.2. The minimum Gasteiger partial charge on any atom is -0.464 e. The summed E-state index contributed by atoms with van der Waals surface area (Å²) in [6.07, 6.45) is 4.36. The van der Waals surface area contributed by atoms with Crippen LogP contribution in [0.3, 0.4) is 0 Å². The number of unbranched alkanes of at least 4 members (excludes halogenated alkanes) is 2. The van der Waals surface area contributed by atoms with E-state index in [1.165, 1.54) is 29.2 Å². The molecule has 0 saturated carbocycles. The van der Waals surface area contributed by atoms with E-state index >= 15 is 0 Å². The van der Waals surface area contributed by atoms with E-state index in [0.717, 1.165) is 68.3 Å². The van der Waals surface area contributed by atoms with Gasteiger partial charge in [-0.1, -0.05) is 36.5 Å². The Hall–Kier alpha value is -2.18. The molecule has 2 fully saturated rings. The quantitative estimate of drug-likeness (QED) is 0.158. The van der Waals surface area contributed by atoms with E-state index in [2.05, 4.69) is 4.90 Å². The number of hydrogen-bond donors (Lipinski definition) is 0. The number of hydrogen-bond acceptors (Lipinski definition) is 8. The molecule has 2 aliphatic rings. The third-order valence-corrected chi connectivity index (χ3v) is 8.31. The van der Waals surface area contributed by atoms with Gasteiger partial charge in [0.1, 0.15) is 10.9 Å². The van der Waals surface area contributed by atoms with Crippen molar-refractivity contribution in [2.45, 2.75) is 25.7 Å². The minimum absolute atomic E-state index is 0.139. The second kappa shape index (κ2) is 13.6. The molecular formula is C26H28F2N2O4S3. The molecule has 0 aliphatic carbocycles. The van der Waals surface area contributed by atoms with Crippen LogP contribution >= 0.6 is 35.3 Å². The number of thioether (sulfide) groups is 1. The smallest absolute Gasteiger partial charge is 0.305 e. The SMILES string of the molecule is O=C(CCCCCN1C(=O)/C(=C/c2cc(-c3ccc(F)c(F)c3)cs2)SC1=S)OCCN1CCOCC1. The highest BCUT2D eigenvalue weighted by Gasteiger charge is 2.31. The Bertz CT molecular complexity index is 1160. The Morgan fingerprint density at radius 1 is 1.08 bits per heavy atom. The highest BCUT2D eigenvalue weighted by atomic mass is 32.2. The number of thiophene rings is 1. The number of carbonyl (C=O) groups excluding carboxylic acids is 2. The molecule has 11 heteroatoms. The van der Waals surface area contributed by atoms with E-state index in [1.54, 1.807) is 11.0 Å². The van der Waals surface area contributed by atoms with Crippen LogP contribution in [0, 0.1) is 11.6 Å². The summed E-state index contributed by atoms with van der Waals surface area (Å²) in [5, 5.41) is 1.84. The molecule has 0 N–H and O–H groups in total. The van der Waals surface area contributed by atoms with Gasteiger partial charge in [-0.25, -0.2) is 8.78 Å². The first-order valence-electron chi connectivity index (χ1n) is 12.2. The van der Waals surface area contributed by atoms with Gasteiger partial charge < -0.3 is 9.47 Å². The zero-order valence-electron chi connectivity index (χ0n) is 20.3. The molecule has 1 aromatic carbocycles. The average Bonchev–Trinajstić information content (AvgIpc) is 3.46. The third kappa shape index (κ3) is 7.90. The molecule has 6 nitrogen and oxygen atoms in total. The molecule has 198 valence electrons. The summed E-state index contributed by atoms with van der Waals surface area (Å²) in [7, 11) is 0. The van der Waals surface area contributed by atoms with Crippen LogP contribution in [0.1, 0.15) is 30.6 Å². The minimum atomic E-state index is -0.896. The molecule has 0 radical (unpaired) electrons. The third-order valence-electron chi connectivity index (χ3n) is 6.06. The van der Waals surface area contributed by atoms with Crippen molar-refractivity contribution in [1.82, 2.24) is 9.80 Å². The van der Waals surface area contributed by atoms with Crippen LogP contribution in [-0.2, 0) is 19.1 Å². The van der Waals surface area contributed by atoms with Gasteiger partial charge in [-0.2, -0.15) is 0 Å². The fourth-order valence-corrected chi connectivity index (χ4v) is 6.20. The van der Waals surface area contributed by atoms with E-state index in [0.29, 0.717) is 40.8 Å². The van der Waals surface area contributed by atoms with Crippen LogP contribution < -0.4 is 0 Å². The Balaban J connectivity index is 1.18. The first kappa shape index (κ1) is 27.8. The zero-order valence-corrected chi connectivity index (χ0v) is 22.7. The van der Waals surface area contributed by atoms with Crippen LogP contribution in [0.5, 0.6) is 0 Å². The van der Waals surface area contributed by atoms with Gasteiger partial charge in [-0.15, -0.1) is 11.3 Å². The van der Waals surface area contributed by atoms with Crippen molar-refractivity contribution in [2.24, 2.45) is 0 Å². The van der Waals surface area contributed by atoms with Gasteiger partial charge in [0, 0.05) is 37.5 Å².